The van der Waals surface area contributed by atoms with Crippen molar-refractivity contribution in [1.82, 2.24) is 5.32 Å². The molecule has 0 saturated carbocycles. The number of nitrogen functional groups attached to an aromatic ring is 1. The summed E-state index contributed by atoms with van der Waals surface area (Å²) in [5.41, 5.74) is 5.53. The molecule has 5 heteroatoms. The summed E-state index contributed by atoms with van der Waals surface area (Å²) in [6, 6.07) is 4.17. The molecule has 1 aromatic carbocycles. The largest absolute Gasteiger partial charge is 0.396 e. The predicted octanol–water partition coefficient (Wildman–Crippen LogP) is 2.20. The van der Waals surface area contributed by atoms with Crippen LogP contribution >= 0.6 is 0 Å². The van der Waals surface area contributed by atoms with Crippen LogP contribution in [-0.2, 0) is 4.74 Å². The van der Waals surface area contributed by atoms with E-state index in [-0.39, 0.29) is 17.2 Å². The minimum absolute atomic E-state index is 0.124. The number of carbonyl (C=O) groups is 1. The van der Waals surface area contributed by atoms with E-state index in [4.69, 9.17) is 10.5 Å². The van der Waals surface area contributed by atoms with Crippen molar-refractivity contribution in [3.05, 3.63) is 29.6 Å². The number of rotatable bonds is 7. The van der Waals surface area contributed by atoms with E-state index in [0.29, 0.717) is 25.7 Å². The van der Waals surface area contributed by atoms with Crippen LogP contribution in [0.15, 0.2) is 18.2 Å². The molecule has 0 saturated heterocycles. The molecule has 0 aliphatic carbocycles. The molecule has 0 spiro atoms. The first-order valence-corrected chi connectivity index (χ1v) is 6.42. The van der Waals surface area contributed by atoms with Crippen molar-refractivity contribution in [3.63, 3.8) is 0 Å². The van der Waals surface area contributed by atoms with Crippen molar-refractivity contribution in [3.8, 4) is 0 Å². The molecule has 0 aromatic heterocycles. The molecule has 19 heavy (non-hydrogen) atoms. The minimum Gasteiger partial charge on any atom is -0.396 e. The quantitative estimate of drug-likeness (QED) is 0.588. The number of halogens is 1. The van der Waals surface area contributed by atoms with Gasteiger partial charge < -0.3 is 15.8 Å². The maximum atomic E-state index is 13.2. The fraction of sp³-hybridized carbons (Fsp3) is 0.500. The first-order valence-electron chi connectivity index (χ1n) is 6.42. The first kappa shape index (κ1) is 15.4. The molecule has 0 unspecified atom stereocenters. The Labute approximate surface area is 113 Å². The lowest BCUT2D eigenvalue weighted by atomic mass is 10.1. The summed E-state index contributed by atoms with van der Waals surface area (Å²) in [6.07, 6.45) is 0.991. The van der Waals surface area contributed by atoms with Crippen LogP contribution < -0.4 is 11.1 Å². The minimum atomic E-state index is -0.583. The second-order valence-electron chi connectivity index (χ2n) is 4.75. The zero-order chi connectivity index (χ0) is 14.3. The van der Waals surface area contributed by atoms with Crippen LogP contribution in [-0.4, -0.2) is 25.7 Å². The smallest absolute Gasteiger partial charge is 0.253 e. The topological polar surface area (TPSA) is 64.3 Å². The van der Waals surface area contributed by atoms with Crippen LogP contribution in [0.4, 0.5) is 10.1 Å². The summed E-state index contributed by atoms with van der Waals surface area (Å²) >= 11 is 0. The van der Waals surface area contributed by atoms with Gasteiger partial charge in [-0.25, -0.2) is 4.39 Å². The lowest BCUT2D eigenvalue weighted by Crippen LogP contribution is -2.28. The highest BCUT2D eigenvalue weighted by atomic mass is 19.1. The van der Waals surface area contributed by atoms with Crippen molar-refractivity contribution < 1.29 is 13.9 Å². The second-order valence-corrected chi connectivity index (χ2v) is 4.75. The fourth-order valence-corrected chi connectivity index (χ4v) is 1.49. The van der Waals surface area contributed by atoms with Crippen molar-refractivity contribution in [1.29, 1.82) is 0 Å². The summed E-state index contributed by atoms with van der Waals surface area (Å²) in [7, 11) is 0. The lowest BCUT2D eigenvalue weighted by Gasteiger charge is -2.09. The Morgan fingerprint density at radius 2 is 2.16 bits per heavy atom. The number of benzene rings is 1. The fourth-order valence-electron chi connectivity index (χ4n) is 1.49. The summed E-state index contributed by atoms with van der Waals surface area (Å²) in [5, 5.41) is 2.64. The van der Waals surface area contributed by atoms with Crippen molar-refractivity contribution in [2.24, 2.45) is 5.92 Å². The zero-order valence-corrected chi connectivity index (χ0v) is 11.4. The van der Waals surface area contributed by atoms with Gasteiger partial charge in [0.15, 0.2) is 0 Å². The molecule has 0 aliphatic heterocycles. The van der Waals surface area contributed by atoms with E-state index in [1.165, 1.54) is 18.2 Å². The number of hydrogen-bond acceptors (Lipinski definition) is 3. The Morgan fingerprint density at radius 3 is 2.84 bits per heavy atom. The highest BCUT2D eigenvalue weighted by Crippen LogP contribution is 2.15. The van der Waals surface area contributed by atoms with E-state index in [1.54, 1.807) is 0 Å². The van der Waals surface area contributed by atoms with Gasteiger partial charge >= 0.3 is 0 Å². The third-order valence-electron chi connectivity index (χ3n) is 2.67. The van der Waals surface area contributed by atoms with Crippen molar-refractivity contribution >= 4 is 11.6 Å². The Bertz CT molecular complexity index is 422. The molecule has 0 aliphatic rings. The van der Waals surface area contributed by atoms with Gasteiger partial charge in [-0.1, -0.05) is 19.9 Å². The van der Waals surface area contributed by atoms with Gasteiger partial charge in [0.2, 0.25) is 0 Å². The molecule has 0 bridgehead atoms. The van der Waals surface area contributed by atoms with Gasteiger partial charge in [0.1, 0.15) is 5.82 Å². The highest BCUT2D eigenvalue weighted by molar-refractivity contribution is 5.99. The average Bonchev–Trinajstić information content (AvgIpc) is 2.36. The maximum absolute atomic E-state index is 13.2. The number of nitrogens with two attached hydrogens (primary N) is 1. The molecule has 0 fully saturated rings. The molecule has 3 N–H and O–H groups in total. The van der Waals surface area contributed by atoms with Gasteiger partial charge in [-0.2, -0.15) is 0 Å². The van der Waals surface area contributed by atoms with E-state index < -0.39 is 5.82 Å². The lowest BCUT2D eigenvalue weighted by molar-refractivity contribution is 0.0906. The Morgan fingerprint density at radius 1 is 1.42 bits per heavy atom. The van der Waals surface area contributed by atoms with Crippen LogP contribution in [0.1, 0.15) is 30.6 Å². The van der Waals surface area contributed by atoms with Gasteiger partial charge in [0, 0.05) is 13.2 Å². The van der Waals surface area contributed by atoms with Crippen molar-refractivity contribution in [2.75, 3.05) is 25.5 Å². The van der Waals surface area contributed by atoms with Crippen LogP contribution in [0, 0.1) is 11.7 Å². The second kappa shape index (κ2) is 7.74. The summed E-state index contributed by atoms with van der Waals surface area (Å²) in [4.78, 5) is 11.7. The van der Waals surface area contributed by atoms with Crippen LogP contribution in [0.5, 0.6) is 0 Å². The molecule has 0 heterocycles. The molecule has 0 atom stereocenters. The average molecular weight is 268 g/mol. The monoisotopic (exact) mass is 268 g/mol. The van der Waals surface area contributed by atoms with Crippen LogP contribution in [0.2, 0.25) is 0 Å². The number of nitrogens with one attached hydrogen (secondary N) is 1. The third kappa shape index (κ3) is 5.26. The maximum Gasteiger partial charge on any atom is 0.253 e. The number of anilines is 1. The van der Waals surface area contributed by atoms with Crippen LogP contribution in [0.25, 0.3) is 0 Å². The number of ether oxygens (including phenoxy) is 1. The van der Waals surface area contributed by atoms with E-state index in [1.807, 2.05) is 0 Å². The van der Waals surface area contributed by atoms with Gasteiger partial charge in [-0.05, 0) is 24.5 Å². The SMILES string of the molecule is CC(C)CCOCCNC(=O)c1cccc(F)c1N. The van der Waals surface area contributed by atoms with E-state index in [0.717, 1.165) is 6.42 Å². The number of carbonyl (C=O) groups excluding carboxylic acids is 1. The predicted molar refractivity (Wildman–Crippen MR) is 73.4 cm³/mol. The summed E-state index contributed by atoms with van der Waals surface area (Å²) in [5.74, 6) is -0.369. The Hall–Kier alpha value is -1.62. The van der Waals surface area contributed by atoms with Gasteiger partial charge in [0.25, 0.3) is 5.91 Å². The van der Waals surface area contributed by atoms with Crippen LogP contribution in [0.3, 0.4) is 0 Å². The molecule has 0 radical (unpaired) electrons. The first-order chi connectivity index (χ1) is 9.02. The Kier molecular flexibility index (Phi) is 6.29. The van der Waals surface area contributed by atoms with E-state index in [2.05, 4.69) is 19.2 Å². The Balaban J connectivity index is 2.30. The van der Waals surface area contributed by atoms with Gasteiger partial charge in [-0.15, -0.1) is 0 Å². The molecule has 106 valence electrons. The number of amides is 1. The number of para-hydroxylation sites is 1. The third-order valence-corrected chi connectivity index (χ3v) is 2.67. The van der Waals surface area contributed by atoms with Crippen molar-refractivity contribution in [2.45, 2.75) is 20.3 Å². The number of hydrogen-bond donors (Lipinski definition) is 2. The van der Waals surface area contributed by atoms with Gasteiger partial charge in [-0.3, -0.25) is 4.79 Å². The summed E-state index contributed by atoms with van der Waals surface area (Å²) in [6.45, 7) is 5.74. The highest BCUT2D eigenvalue weighted by Gasteiger charge is 2.11. The molecular weight excluding hydrogens is 247 g/mol. The molecule has 1 rings (SSSR count). The molecule has 1 aromatic rings. The molecule has 1 amide bonds. The zero-order valence-electron chi connectivity index (χ0n) is 11.4. The normalized spacial score (nSPS) is 10.7. The molecule has 4 nitrogen and oxygen atoms in total. The van der Waals surface area contributed by atoms with E-state index >= 15 is 0 Å². The standard InChI is InChI=1S/C14H21FN2O2/c1-10(2)6-8-19-9-7-17-14(18)11-4-3-5-12(15)13(11)16/h3-5,10H,6-9,16H2,1-2H3,(H,17,18). The van der Waals surface area contributed by atoms with E-state index in [9.17, 15) is 9.18 Å². The van der Waals surface area contributed by atoms with Gasteiger partial charge in [0.05, 0.1) is 17.9 Å². The molecular formula is C14H21FN2O2. The summed E-state index contributed by atoms with van der Waals surface area (Å²) < 4.78 is 18.5.